The number of rotatable bonds is 3. The number of fused-ring (bicyclic) bond motifs is 3. The van der Waals surface area contributed by atoms with Crippen molar-refractivity contribution >= 4 is 14.4 Å². The van der Waals surface area contributed by atoms with E-state index < -0.39 is 0 Å². The van der Waals surface area contributed by atoms with Crippen molar-refractivity contribution in [2.75, 3.05) is 0 Å². The topological polar surface area (TPSA) is 0 Å². The first-order valence-electron chi connectivity index (χ1n) is 17.7. The minimum absolute atomic E-state index is 0. The van der Waals surface area contributed by atoms with Crippen LogP contribution in [0.25, 0.3) is 25.6 Å². The Morgan fingerprint density at radius 2 is 1.02 bits per heavy atom. The average molecular weight is 780 g/mol. The van der Waals surface area contributed by atoms with Crippen molar-refractivity contribution in [2.45, 2.75) is 111 Å². The average Bonchev–Trinajstić information content (AvgIpc) is 3.62. The molecule has 3 heteroatoms. The van der Waals surface area contributed by atoms with Gasteiger partial charge in [0.1, 0.15) is 0 Å². The molecule has 0 radical (unpaired) electrons. The minimum atomic E-state index is -0.0905. The fourth-order valence-electron chi connectivity index (χ4n) is 7.42. The Labute approximate surface area is 330 Å². The first-order valence-corrected chi connectivity index (χ1v) is 18.9. The van der Waals surface area contributed by atoms with Gasteiger partial charge in [-0.3, -0.25) is 0 Å². The Morgan fingerprint density at radius 3 is 1.44 bits per heavy atom. The molecule has 259 valence electrons. The standard InChI is InChI=1S/C47H53.2ClH.Zr/c1-44(2,3)34-21-17-31(18-22-34)41(32-19-23-35(24-20-32)45(4,5)6)40-29-38-37-26-25-36(46(7,8)9)27-33(37)28-39(38)42(30-15-13-14-16-30)43(40)47(10,11)12;;;/h13-15,17-27,29H,16H2,1-12H3;2*1H;/q;;;+2/p-2. The van der Waals surface area contributed by atoms with Crippen LogP contribution in [0.1, 0.15) is 134 Å². The second-order valence-electron chi connectivity index (χ2n) is 18.1. The summed E-state index contributed by atoms with van der Waals surface area (Å²) >= 11 is 1.47. The van der Waals surface area contributed by atoms with Crippen molar-refractivity contribution in [3.8, 4) is 11.1 Å². The van der Waals surface area contributed by atoms with Gasteiger partial charge in [-0.2, -0.15) is 0 Å². The molecule has 0 atom stereocenters. The van der Waals surface area contributed by atoms with Crippen LogP contribution < -0.4 is 35.3 Å². The Kier molecular flexibility index (Phi) is 11.4. The zero-order chi connectivity index (χ0) is 35.0. The molecular formula is C47H53Cl2Zr. The summed E-state index contributed by atoms with van der Waals surface area (Å²) in [5, 5.41) is 2.82. The van der Waals surface area contributed by atoms with Crippen LogP contribution in [0.15, 0.2) is 91.0 Å². The van der Waals surface area contributed by atoms with Crippen LogP contribution in [0.5, 0.6) is 0 Å². The predicted molar refractivity (Wildman–Crippen MR) is 205 cm³/mol. The molecule has 0 aliphatic heterocycles. The van der Waals surface area contributed by atoms with Gasteiger partial charge in [-0.1, -0.05) is 0 Å². The molecule has 0 saturated carbocycles. The van der Waals surface area contributed by atoms with Gasteiger partial charge in [0.15, 0.2) is 0 Å². The molecule has 2 aliphatic carbocycles. The summed E-state index contributed by atoms with van der Waals surface area (Å²) in [7, 11) is 0. The van der Waals surface area contributed by atoms with Crippen molar-refractivity contribution in [2.24, 2.45) is 0 Å². The molecule has 0 spiro atoms. The van der Waals surface area contributed by atoms with E-state index in [2.05, 4.69) is 174 Å². The van der Waals surface area contributed by atoms with Gasteiger partial charge in [-0.15, -0.1) is 0 Å². The fourth-order valence-corrected chi connectivity index (χ4v) is 8.57. The monoisotopic (exact) mass is 777 g/mol. The summed E-state index contributed by atoms with van der Waals surface area (Å²) in [5.74, 6) is 0. The first kappa shape index (κ1) is 40.3. The maximum Gasteiger partial charge on any atom is -1.00 e. The number of hydrogen-bond donors (Lipinski definition) is 0. The molecule has 6 rings (SSSR count). The summed E-state index contributed by atoms with van der Waals surface area (Å²) in [5.41, 5.74) is 16.7. The maximum atomic E-state index is 2.57. The van der Waals surface area contributed by atoms with E-state index >= 15 is 0 Å². The van der Waals surface area contributed by atoms with Crippen molar-refractivity contribution in [3.63, 3.8) is 0 Å². The van der Waals surface area contributed by atoms with Gasteiger partial charge in [-0.05, 0) is 0 Å². The molecular weight excluding hydrogens is 727 g/mol. The zero-order valence-corrected chi connectivity index (χ0v) is 36.1. The van der Waals surface area contributed by atoms with Gasteiger partial charge in [0.05, 0.1) is 0 Å². The van der Waals surface area contributed by atoms with Crippen LogP contribution in [0.3, 0.4) is 0 Å². The van der Waals surface area contributed by atoms with E-state index in [1.54, 1.807) is 0 Å². The Morgan fingerprint density at radius 1 is 0.540 bits per heavy atom. The SMILES string of the molecule is CC(C)(C)c1ccc(C(c2ccc(C(C)(C)C)cc2)=c2cc3c(c(C4=CC=CC4)c2C(C)(C)C)=[C]([Zr+2])c2cc(C(C)(C)C)ccc2-3)cc1.[Cl-].[Cl-]. The predicted octanol–water partition coefficient (Wildman–Crippen LogP) is 5.16. The summed E-state index contributed by atoms with van der Waals surface area (Å²) < 4.78 is 1.49. The summed E-state index contributed by atoms with van der Waals surface area (Å²) in [6.45, 7) is 28.0. The molecule has 0 aromatic heterocycles. The molecule has 0 nitrogen and oxygen atoms in total. The Hall–Kier alpha value is -2.44. The molecule has 0 unspecified atom stereocenters. The van der Waals surface area contributed by atoms with E-state index in [9.17, 15) is 0 Å². The molecule has 4 aromatic rings. The van der Waals surface area contributed by atoms with E-state index in [1.807, 2.05) is 0 Å². The molecule has 0 heterocycles. The number of hydrogen-bond acceptors (Lipinski definition) is 0. The summed E-state index contributed by atoms with van der Waals surface area (Å²) in [6, 6.07) is 28.7. The summed E-state index contributed by atoms with van der Waals surface area (Å²) in [4.78, 5) is 0. The first-order chi connectivity index (χ1) is 22.3. The van der Waals surface area contributed by atoms with Gasteiger partial charge in [0.25, 0.3) is 0 Å². The number of allylic oxidation sites excluding steroid dienone is 4. The Bertz CT molecular complexity index is 2040. The normalized spacial score (nSPS) is 14.1. The van der Waals surface area contributed by atoms with Crippen LogP contribution in [0.4, 0.5) is 0 Å². The second kappa shape index (κ2) is 14.2. The smallest absolute Gasteiger partial charge is 1.00 e. The van der Waals surface area contributed by atoms with Crippen molar-refractivity contribution in [1.29, 1.82) is 0 Å². The number of benzene rings is 4. The van der Waals surface area contributed by atoms with Crippen molar-refractivity contribution < 1.29 is 49.5 Å². The zero-order valence-electron chi connectivity index (χ0n) is 32.1. The number of halogens is 2. The largest absolute Gasteiger partial charge is 1.00 e. The van der Waals surface area contributed by atoms with E-state index in [0.29, 0.717) is 0 Å². The second-order valence-corrected chi connectivity index (χ2v) is 19.3. The van der Waals surface area contributed by atoms with E-state index in [4.69, 9.17) is 0 Å². The fraction of sp³-hybridized carbons (Fsp3) is 0.362. The van der Waals surface area contributed by atoms with Gasteiger partial charge in [0, 0.05) is 0 Å². The molecule has 2 aliphatic rings. The van der Waals surface area contributed by atoms with E-state index in [0.717, 1.165) is 6.42 Å². The quantitative estimate of drug-likeness (QED) is 0.270. The third-order valence-corrected chi connectivity index (χ3v) is 11.5. The minimum Gasteiger partial charge on any atom is -1.00 e. The molecule has 0 N–H and O–H groups in total. The maximum absolute atomic E-state index is 2.57. The van der Waals surface area contributed by atoms with Crippen molar-refractivity contribution in [3.05, 3.63) is 146 Å². The third kappa shape index (κ3) is 7.54. The molecule has 0 saturated heterocycles. The van der Waals surface area contributed by atoms with Crippen LogP contribution >= 0.6 is 0 Å². The van der Waals surface area contributed by atoms with Crippen molar-refractivity contribution in [1.82, 2.24) is 0 Å². The van der Waals surface area contributed by atoms with E-state index in [-0.39, 0.29) is 46.5 Å². The van der Waals surface area contributed by atoms with E-state index in [1.165, 1.54) is 105 Å². The van der Waals surface area contributed by atoms with Crippen LogP contribution in [-0.2, 0) is 46.4 Å². The van der Waals surface area contributed by atoms with Gasteiger partial charge < -0.3 is 24.8 Å². The van der Waals surface area contributed by atoms with Gasteiger partial charge in [-0.25, -0.2) is 0 Å². The van der Waals surface area contributed by atoms with Crippen LogP contribution in [0.2, 0.25) is 0 Å². The Balaban J connectivity index is 0.00000281. The molecule has 50 heavy (non-hydrogen) atoms. The van der Waals surface area contributed by atoms with Crippen LogP contribution in [-0.4, -0.2) is 0 Å². The molecule has 0 amide bonds. The van der Waals surface area contributed by atoms with Gasteiger partial charge in [0.2, 0.25) is 0 Å². The molecule has 0 bridgehead atoms. The molecule has 4 aromatic carbocycles. The third-order valence-electron chi connectivity index (χ3n) is 10.2. The van der Waals surface area contributed by atoms with Crippen LogP contribution in [0, 0.1) is 0 Å². The molecule has 0 fully saturated rings. The van der Waals surface area contributed by atoms with Gasteiger partial charge >= 0.3 is 307 Å². The summed E-state index contributed by atoms with van der Waals surface area (Å²) in [6.07, 6.45) is 7.92.